The number of rotatable bonds is 2. The van der Waals surface area contributed by atoms with E-state index in [1.807, 2.05) is 20.8 Å². The molecule has 0 aliphatic rings. The maximum absolute atomic E-state index is 10.1. The molecule has 15 heavy (non-hydrogen) atoms. The van der Waals surface area contributed by atoms with Crippen molar-refractivity contribution in [3.05, 3.63) is 33.9 Å². The zero-order valence-electron chi connectivity index (χ0n) is 10.1. The highest BCUT2D eigenvalue weighted by molar-refractivity contribution is 6.20. The third kappa shape index (κ3) is 2.35. The Labute approximate surface area is 97.1 Å². The van der Waals surface area contributed by atoms with Crippen LogP contribution < -0.4 is 0 Å². The Bertz CT molecular complexity index is 343. The second-order valence-corrected chi connectivity index (χ2v) is 4.98. The van der Waals surface area contributed by atoms with Crippen molar-refractivity contribution in [3.63, 3.8) is 0 Å². The number of hydrogen-bond donors (Lipinski definition) is 1. The van der Waals surface area contributed by atoms with Gasteiger partial charge in [-0.3, -0.25) is 0 Å². The summed E-state index contributed by atoms with van der Waals surface area (Å²) >= 11 is 5.96. The summed E-state index contributed by atoms with van der Waals surface area (Å²) in [6, 6.07) is 2.15. The zero-order valence-corrected chi connectivity index (χ0v) is 10.8. The molecular formula is C13H19ClO. The fourth-order valence-electron chi connectivity index (χ4n) is 1.92. The molecule has 0 bridgehead atoms. The van der Waals surface area contributed by atoms with Crippen LogP contribution in [0.4, 0.5) is 0 Å². The lowest BCUT2D eigenvalue weighted by molar-refractivity contribution is 0.175. The second-order valence-electron chi connectivity index (χ2n) is 4.30. The molecule has 84 valence electrons. The Morgan fingerprint density at radius 1 is 1.07 bits per heavy atom. The Morgan fingerprint density at radius 3 is 1.80 bits per heavy atom. The van der Waals surface area contributed by atoms with E-state index in [1.54, 1.807) is 0 Å². The predicted molar refractivity (Wildman–Crippen MR) is 65.7 cm³/mol. The highest BCUT2D eigenvalue weighted by atomic mass is 35.5. The van der Waals surface area contributed by atoms with Crippen molar-refractivity contribution in [1.82, 2.24) is 0 Å². The van der Waals surface area contributed by atoms with Gasteiger partial charge in [0.15, 0.2) is 0 Å². The van der Waals surface area contributed by atoms with Crippen LogP contribution in [-0.2, 0) is 0 Å². The molecule has 0 saturated heterocycles. The molecule has 0 fully saturated rings. The van der Waals surface area contributed by atoms with Gasteiger partial charge in [-0.1, -0.05) is 6.07 Å². The van der Waals surface area contributed by atoms with Crippen LogP contribution in [0.15, 0.2) is 6.07 Å². The van der Waals surface area contributed by atoms with Crippen molar-refractivity contribution in [3.8, 4) is 0 Å². The summed E-state index contributed by atoms with van der Waals surface area (Å²) in [6.07, 6.45) is -0.578. The van der Waals surface area contributed by atoms with Crippen molar-refractivity contribution in [2.24, 2.45) is 0 Å². The molecule has 1 nitrogen and oxygen atoms in total. The summed E-state index contributed by atoms with van der Waals surface area (Å²) in [4.78, 5) is 0. The van der Waals surface area contributed by atoms with Crippen molar-refractivity contribution in [1.29, 1.82) is 0 Å². The van der Waals surface area contributed by atoms with Gasteiger partial charge in [0.05, 0.1) is 11.5 Å². The van der Waals surface area contributed by atoms with Crippen molar-refractivity contribution in [2.45, 2.75) is 46.1 Å². The van der Waals surface area contributed by atoms with Gasteiger partial charge in [-0.15, -0.1) is 11.6 Å². The van der Waals surface area contributed by atoms with E-state index in [9.17, 15) is 5.11 Å². The van der Waals surface area contributed by atoms with E-state index in [2.05, 4.69) is 19.9 Å². The first kappa shape index (κ1) is 12.5. The van der Waals surface area contributed by atoms with E-state index < -0.39 is 6.10 Å². The van der Waals surface area contributed by atoms with E-state index in [0.29, 0.717) is 0 Å². The Hall–Kier alpha value is -0.530. The largest absolute Gasteiger partial charge is 0.387 e. The molecule has 1 rings (SSSR count). The maximum atomic E-state index is 10.1. The van der Waals surface area contributed by atoms with E-state index in [-0.39, 0.29) is 5.38 Å². The number of hydrogen-bond acceptors (Lipinski definition) is 1. The lowest BCUT2D eigenvalue weighted by Gasteiger charge is -2.21. The first-order valence-electron chi connectivity index (χ1n) is 5.25. The summed E-state index contributed by atoms with van der Waals surface area (Å²) in [5.74, 6) is 0. The molecule has 0 aromatic heterocycles. The standard InChI is InChI=1S/C13H19ClO/c1-7-6-8(2)10(4)12(9(7)3)13(15)11(5)14/h6,11,13,15H,1-5H3. The number of aryl methyl sites for hydroxylation is 2. The van der Waals surface area contributed by atoms with Gasteiger partial charge in [-0.25, -0.2) is 0 Å². The van der Waals surface area contributed by atoms with Gasteiger partial charge in [-0.2, -0.15) is 0 Å². The average Bonchev–Trinajstić information content (AvgIpc) is 2.15. The molecule has 0 aliphatic carbocycles. The van der Waals surface area contributed by atoms with Gasteiger partial charge in [-0.05, 0) is 62.4 Å². The molecule has 0 amide bonds. The average molecular weight is 227 g/mol. The number of aliphatic hydroxyl groups is 1. The van der Waals surface area contributed by atoms with Gasteiger partial charge in [0.1, 0.15) is 0 Å². The van der Waals surface area contributed by atoms with Crippen LogP contribution in [0.2, 0.25) is 0 Å². The lowest BCUT2D eigenvalue weighted by atomic mass is 9.90. The van der Waals surface area contributed by atoms with E-state index in [1.165, 1.54) is 11.1 Å². The topological polar surface area (TPSA) is 20.2 Å². The molecule has 2 heteroatoms. The third-order valence-electron chi connectivity index (χ3n) is 3.15. The van der Waals surface area contributed by atoms with Crippen LogP contribution in [0.5, 0.6) is 0 Å². The molecule has 0 spiro atoms. The van der Waals surface area contributed by atoms with Crippen LogP contribution in [0.25, 0.3) is 0 Å². The molecule has 0 heterocycles. The molecule has 0 saturated carbocycles. The van der Waals surface area contributed by atoms with Gasteiger partial charge in [0.2, 0.25) is 0 Å². The molecule has 1 aromatic rings. The molecule has 1 N–H and O–H groups in total. The van der Waals surface area contributed by atoms with E-state index in [4.69, 9.17) is 11.6 Å². The minimum Gasteiger partial charge on any atom is -0.387 e. The van der Waals surface area contributed by atoms with E-state index >= 15 is 0 Å². The van der Waals surface area contributed by atoms with Crippen molar-refractivity contribution >= 4 is 11.6 Å². The Balaban J connectivity index is 3.39. The summed E-state index contributed by atoms with van der Waals surface area (Å²) in [7, 11) is 0. The number of benzene rings is 1. The maximum Gasteiger partial charge on any atom is 0.0956 e. The fraction of sp³-hybridized carbons (Fsp3) is 0.538. The van der Waals surface area contributed by atoms with Crippen LogP contribution >= 0.6 is 11.6 Å². The zero-order chi connectivity index (χ0) is 11.7. The smallest absolute Gasteiger partial charge is 0.0956 e. The van der Waals surface area contributed by atoms with E-state index in [0.717, 1.165) is 16.7 Å². The normalized spacial score (nSPS) is 15.1. The molecule has 2 atom stereocenters. The highest BCUT2D eigenvalue weighted by Gasteiger charge is 2.20. The quantitative estimate of drug-likeness (QED) is 0.765. The lowest BCUT2D eigenvalue weighted by Crippen LogP contribution is -2.13. The summed E-state index contributed by atoms with van der Waals surface area (Å²) in [5.41, 5.74) is 5.72. The van der Waals surface area contributed by atoms with Gasteiger partial charge in [0, 0.05) is 0 Å². The highest BCUT2D eigenvalue weighted by Crippen LogP contribution is 2.30. The molecule has 1 aromatic carbocycles. The van der Waals surface area contributed by atoms with Gasteiger partial charge < -0.3 is 5.11 Å². The number of alkyl halides is 1. The monoisotopic (exact) mass is 226 g/mol. The predicted octanol–water partition coefficient (Wildman–Crippen LogP) is 3.58. The summed E-state index contributed by atoms with van der Waals surface area (Å²) < 4.78 is 0. The Morgan fingerprint density at radius 2 is 1.47 bits per heavy atom. The van der Waals surface area contributed by atoms with Crippen LogP contribution in [0.1, 0.15) is 40.8 Å². The van der Waals surface area contributed by atoms with Crippen molar-refractivity contribution in [2.75, 3.05) is 0 Å². The van der Waals surface area contributed by atoms with Crippen LogP contribution in [0, 0.1) is 27.7 Å². The van der Waals surface area contributed by atoms with Crippen LogP contribution in [0.3, 0.4) is 0 Å². The van der Waals surface area contributed by atoms with Crippen molar-refractivity contribution < 1.29 is 5.11 Å². The molecule has 0 radical (unpaired) electrons. The van der Waals surface area contributed by atoms with Gasteiger partial charge >= 0.3 is 0 Å². The molecular weight excluding hydrogens is 208 g/mol. The Kier molecular flexibility index (Phi) is 3.80. The minimum atomic E-state index is -0.578. The summed E-state index contributed by atoms with van der Waals surface area (Å²) in [6.45, 7) is 10.0. The fourth-order valence-corrected chi connectivity index (χ4v) is 2.05. The first-order chi connectivity index (χ1) is 6.86. The SMILES string of the molecule is Cc1cc(C)c(C)c(C(O)C(C)Cl)c1C. The van der Waals surface area contributed by atoms with Gasteiger partial charge in [0.25, 0.3) is 0 Å². The number of halogens is 1. The summed E-state index contributed by atoms with van der Waals surface area (Å²) in [5, 5.41) is 9.82. The number of aliphatic hydroxyl groups excluding tert-OH is 1. The molecule has 0 aliphatic heterocycles. The third-order valence-corrected chi connectivity index (χ3v) is 3.39. The second kappa shape index (κ2) is 4.54. The molecule has 2 unspecified atom stereocenters. The first-order valence-corrected chi connectivity index (χ1v) is 5.69. The van der Waals surface area contributed by atoms with Crippen LogP contribution in [-0.4, -0.2) is 10.5 Å². The minimum absolute atomic E-state index is 0.261.